The van der Waals surface area contributed by atoms with Gasteiger partial charge < -0.3 is 38.2 Å². The van der Waals surface area contributed by atoms with Crippen molar-refractivity contribution in [3.05, 3.63) is 146 Å². The average Bonchev–Trinajstić information content (AvgIpc) is 3.21. The quantitative estimate of drug-likeness (QED) is 0.0874. The van der Waals surface area contributed by atoms with Crippen LogP contribution in [0.4, 0.5) is 34.1 Å². The lowest BCUT2D eigenvalue weighted by Gasteiger charge is -2.26. The van der Waals surface area contributed by atoms with Crippen molar-refractivity contribution >= 4 is 34.1 Å². The van der Waals surface area contributed by atoms with Gasteiger partial charge in [-0.15, -0.1) is 0 Å². The summed E-state index contributed by atoms with van der Waals surface area (Å²) in [4.78, 5) is 4.36. The maximum Gasteiger partial charge on any atom is 0.121 e. The summed E-state index contributed by atoms with van der Waals surface area (Å²) in [6.07, 6.45) is 1.68. The van der Waals surface area contributed by atoms with E-state index < -0.39 is 0 Å². The van der Waals surface area contributed by atoms with Gasteiger partial charge in [0, 0.05) is 46.3 Å². The Morgan fingerprint density at radius 2 is 0.615 bits per heavy atom. The molecule has 0 aliphatic carbocycles. The van der Waals surface area contributed by atoms with Crippen molar-refractivity contribution in [1.29, 1.82) is 0 Å². The van der Waals surface area contributed by atoms with E-state index in [-0.39, 0.29) is 0 Å². The third-order valence-corrected chi connectivity index (χ3v) is 8.55. The number of unbranched alkanes of at least 4 members (excludes halogenated alkanes) is 1. The Morgan fingerprint density at radius 1 is 0.327 bits per heavy atom. The van der Waals surface area contributed by atoms with Crippen LogP contribution in [0, 0.1) is 0 Å². The van der Waals surface area contributed by atoms with Gasteiger partial charge in [0.25, 0.3) is 0 Å². The largest absolute Gasteiger partial charge is 0.497 e. The molecule has 0 N–H and O–H groups in total. The van der Waals surface area contributed by atoms with Crippen molar-refractivity contribution in [2.75, 3.05) is 51.5 Å². The van der Waals surface area contributed by atoms with Crippen LogP contribution in [0.1, 0.15) is 12.8 Å². The molecular weight excluding hydrogens is 652 g/mol. The highest BCUT2D eigenvalue weighted by Gasteiger charge is 2.15. The number of anilines is 6. The molecule has 0 spiro atoms. The predicted octanol–water partition coefficient (Wildman–Crippen LogP) is 10.9. The second-order valence-corrected chi connectivity index (χ2v) is 11.9. The Bertz CT molecular complexity index is 1740. The van der Waals surface area contributed by atoms with Crippen molar-refractivity contribution in [2.24, 2.45) is 0 Å². The summed E-state index contributed by atoms with van der Waals surface area (Å²) < 4.78 is 34.0. The Balaban J connectivity index is 1.08. The van der Waals surface area contributed by atoms with Crippen molar-refractivity contribution in [3.63, 3.8) is 0 Å². The standard InChI is InChI=1S/C44H44N2O6/c1-47-39-21-13-33(14-22-39)45(34-15-23-40(48-2)24-16-34)37-9-7-11-43(31-37)51-29-5-6-30-52-44-12-8-10-38(32-44)46(35-17-25-41(49-3)26-18-35)36-19-27-42(50-4)28-20-36/h7-28,31-32H,5-6,29-30H2,1-4H3. The van der Waals surface area contributed by atoms with Crippen molar-refractivity contribution in [2.45, 2.75) is 12.8 Å². The number of benzene rings is 6. The van der Waals surface area contributed by atoms with E-state index in [2.05, 4.69) is 34.1 Å². The van der Waals surface area contributed by atoms with Gasteiger partial charge in [0.1, 0.15) is 34.5 Å². The molecule has 0 saturated heterocycles. The molecule has 0 amide bonds. The van der Waals surface area contributed by atoms with Gasteiger partial charge in [-0.25, -0.2) is 0 Å². The molecule has 0 aliphatic rings. The summed E-state index contributed by atoms with van der Waals surface area (Å²) in [5, 5.41) is 0. The molecule has 0 fully saturated rings. The van der Waals surface area contributed by atoms with Gasteiger partial charge in [0.05, 0.1) is 41.7 Å². The lowest BCUT2D eigenvalue weighted by atomic mass is 10.1. The van der Waals surface area contributed by atoms with Gasteiger partial charge in [0.2, 0.25) is 0 Å². The van der Waals surface area contributed by atoms with Gasteiger partial charge >= 0.3 is 0 Å². The fraction of sp³-hybridized carbons (Fsp3) is 0.182. The number of ether oxygens (including phenoxy) is 6. The van der Waals surface area contributed by atoms with Gasteiger partial charge in [-0.1, -0.05) is 12.1 Å². The van der Waals surface area contributed by atoms with Gasteiger partial charge in [-0.05, 0) is 134 Å². The molecule has 8 heteroatoms. The molecule has 0 heterocycles. The Labute approximate surface area is 306 Å². The summed E-state index contributed by atoms with van der Waals surface area (Å²) in [5.74, 6) is 4.81. The molecule has 0 aromatic heterocycles. The minimum absolute atomic E-state index is 0.570. The third-order valence-electron chi connectivity index (χ3n) is 8.55. The lowest BCUT2D eigenvalue weighted by molar-refractivity contribution is 0.266. The summed E-state index contributed by atoms with van der Waals surface area (Å²) >= 11 is 0. The topological polar surface area (TPSA) is 61.9 Å². The van der Waals surface area contributed by atoms with Crippen LogP contribution in [0.3, 0.4) is 0 Å². The molecule has 6 aromatic carbocycles. The van der Waals surface area contributed by atoms with Crippen LogP contribution in [0.2, 0.25) is 0 Å². The highest BCUT2D eigenvalue weighted by Crippen LogP contribution is 2.39. The molecule has 0 unspecified atom stereocenters. The molecular formula is C44H44N2O6. The van der Waals surface area contributed by atoms with Crippen LogP contribution >= 0.6 is 0 Å². The molecule has 52 heavy (non-hydrogen) atoms. The molecule has 0 saturated carbocycles. The van der Waals surface area contributed by atoms with Crippen LogP contribution in [-0.4, -0.2) is 41.7 Å². The summed E-state index contributed by atoms with van der Waals surface area (Å²) in [6.45, 7) is 1.14. The Hall–Kier alpha value is -6.28. The van der Waals surface area contributed by atoms with E-state index in [0.717, 1.165) is 81.5 Å². The van der Waals surface area contributed by atoms with E-state index in [9.17, 15) is 0 Å². The number of hydrogen-bond acceptors (Lipinski definition) is 8. The SMILES string of the molecule is COc1ccc(N(c2ccc(OC)cc2)c2cccc(OCCCCOc3cccc(N(c4ccc(OC)cc4)c4ccc(OC)cc4)c3)c2)cc1. The van der Waals surface area contributed by atoms with E-state index in [1.165, 1.54) is 0 Å². The number of hydrogen-bond donors (Lipinski definition) is 0. The summed E-state index contributed by atoms with van der Waals surface area (Å²) in [6, 6.07) is 48.3. The highest BCUT2D eigenvalue weighted by molar-refractivity contribution is 5.79. The van der Waals surface area contributed by atoms with E-state index in [1.54, 1.807) is 28.4 Å². The van der Waals surface area contributed by atoms with Crippen LogP contribution in [0.15, 0.2) is 146 Å². The zero-order valence-corrected chi connectivity index (χ0v) is 30.0. The molecule has 6 rings (SSSR count). The van der Waals surface area contributed by atoms with E-state index in [0.29, 0.717) is 13.2 Å². The third kappa shape index (κ3) is 8.89. The van der Waals surface area contributed by atoms with Crippen molar-refractivity contribution in [1.82, 2.24) is 0 Å². The van der Waals surface area contributed by atoms with Gasteiger partial charge in [-0.3, -0.25) is 0 Å². The molecule has 0 atom stereocenters. The first-order valence-electron chi connectivity index (χ1n) is 17.2. The zero-order valence-electron chi connectivity index (χ0n) is 30.0. The van der Waals surface area contributed by atoms with E-state index in [1.807, 2.05) is 121 Å². The number of rotatable bonds is 17. The maximum absolute atomic E-state index is 6.23. The molecule has 0 radical (unpaired) electrons. The summed E-state index contributed by atoms with van der Waals surface area (Å²) in [7, 11) is 6.68. The number of nitrogens with zero attached hydrogens (tertiary/aromatic N) is 2. The minimum atomic E-state index is 0.570. The fourth-order valence-corrected chi connectivity index (χ4v) is 5.83. The molecule has 0 bridgehead atoms. The second kappa shape index (κ2) is 17.6. The molecule has 266 valence electrons. The van der Waals surface area contributed by atoms with E-state index >= 15 is 0 Å². The normalized spacial score (nSPS) is 10.6. The van der Waals surface area contributed by atoms with Crippen LogP contribution in [0.5, 0.6) is 34.5 Å². The first-order valence-corrected chi connectivity index (χ1v) is 17.2. The van der Waals surface area contributed by atoms with Crippen molar-refractivity contribution < 1.29 is 28.4 Å². The van der Waals surface area contributed by atoms with Gasteiger partial charge in [0.15, 0.2) is 0 Å². The van der Waals surface area contributed by atoms with Crippen LogP contribution < -0.4 is 38.2 Å². The monoisotopic (exact) mass is 696 g/mol. The predicted molar refractivity (Wildman–Crippen MR) is 209 cm³/mol. The smallest absolute Gasteiger partial charge is 0.121 e. The lowest BCUT2D eigenvalue weighted by Crippen LogP contribution is -2.10. The Morgan fingerprint density at radius 3 is 0.885 bits per heavy atom. The van der Waals surface area contributed by atoms with Crippen molar-refractivity contribution in [3.8, 4) is 34.5 Å². The molecule has 6 aromatic rings. The second-order valence-electron chi connectivity index (χ2n) is 11.9. The van der Waals surface area contributed by atoms with E-state index in [4.69, 9.17) is 28.4 Å². The average molecular weight is 697 g/mol. The Kier molecular flexibility index (Phi) is 12.0. The first kappa shape index (κ1) is 35.5. The van der Waals surface area contributed by atoms with Crippen LogP contribution in [0.25, 0.3) is 0 Å². The zero-order chi connectivity index (χ0) is 36.1. The van der Waals surface area contributed by atoms with Crippen LogP contribution in [-0.2, 0) is 0 Å². The fourth-order valence-electron chi connectivity index (χ4n) is 5.83. The van der Waals surface area contributed by atoms with Gasteiger partial charge in [-0.2, -0.15) is 0 Å². The molecule has 8 nitrogen and oxygen atoms in total. The summed E-state index contributed by atoms with van der Waals surface area (Å²) in [5.41, 5.74) is 5.96. The molecule has 0 aliphatic heterocycles. The first-order chi connectivity index (χ1) is 25.6. The number of methoxy groups -OCH3 is 4. The minimum Gasteiger partial charge on any atom is -0.497 e. The highest BCUT2D eigenvalue weighted by atomic mass is 16.5. The maximum atomic E-state index is 6.23.